The van der Waals surface area contributed by atoms with Crippen molar-refractivity contribution < 1.29 is 9.84 Å². The minimum atomic E-state index is 0.234. The summed E-state index contributed by atoms with van der Waals surface area (Å²) in [5.74, 6) is 8.19. The maximum Gasteiger partial charge on any atom is 0.119 e. The molecular formula is C28H31ClN2O2. The molecule has 0 unspecified atom stereocenters. The third kappa shape index (κ3) is 6.26. The first kappa shape index (κ1) is 23.6. The van der Waals surface area contributed by atoms with Gasteiger partial charge < -0.3 is 9.84 Å². The van der Waals surface area contributed by atoms with Crippen molar-refractivity contribution in [1.29, 1.82) is 0 Å². The second-order valence-electron chi connectivity index (χ2n) is 8.78. The van der Waals surface area contributed by atoms with Crippen molar-refractivity contribution in [3.8, 4) is 17.6 Å². The van der Waals surface area contributed by atoms with E-state index in [9.17, 15) is 5.11 Å². The van der Waals surface area contributed by atoms with Crippen LogP contribution < -0.4 is 4.74 Å². The van der Waals surface area contributed by atoms with Gasteiger partial charge in [-0.25, -0.2) is 0 Å². The maximum atomic E-state index is 10.0. The molecule has 5 heteroatoms. The molecule has 4 nitrogen and oxygen atoms in total. The molecule has 1 N–H and O–H groups in total. The van der Waals surface area contributed by atoms with E-state index in [1.54, 1.807) is 7.11 Å². The predicted octanol–water partition coefficient (Wildman–Crippen LogP) is 5.20. The molecule has 2 atom stereocenters. The summed E-state index contributed by atoms with van der Waals surface area (Å²) in [4.78, 5) is 6.84. The molecule has 2 aromatic carbocycles. The summed E-state index contributed by atoms with van der Waals surface area (Å²) in [6.07, 6.45) is 6.24. The number of ether oxygens (including phenoxy) is 1. The molecule has 3 aromatic rings. The van der Waals surface area contributed by atoms with E-state index < -0.39 is 0 Å². The van der Waals surface area contributed by atoms with E-state index in [0.29, 0.717) is 16.9 Å². The van der Waals surface area contributed by atoms with Crippen molar-refractivity contribution in [3.63, 3.8) is 0 Å². The van der Waals surface area contributed by atoms with Gasteiger partial charge in [-0.05, 0) is 92.1 Å². The summed E-state index contributed by atoms with van der Waals surface area (Å²) < 4.78 is 5.40. The van der Waals surface area contributed by atoms with Gasteiger partial charge in [0.2, 0.25) is 0 Å². The molecule has 0 amide bonds. The minimum Gasteiger partial charge on any atom is -0.497 e. The highest BCUT2D eigenvalue weighted by molar-refractivity contribution is 6.30. The van der Waals surface area contributed by atoms with Crippen LogP contribution in [0.15, 0.2) is 54.7 Å². The third-order valence-electron chi connectivity index (χ3n) is 6.63. The Bertz CT molecular complexity index is 1140. The number of aliphatic hydroxyl groups excluding tert-OH is 1. The largest absolute Gasteiger partial charge is 0.497 e. The third-order valence-corrected chi connectivity index (χ3v) is 6.87. The lowest BCUT2D eigenvalue weighted by molar-refractivity contribution is 0.0748. The molecule has 4 rings (SSSR count). The lowest BCUT2D eigenvalue weighted by atomic mass is 9.82. The number of rotatable bonds is 7. The number of nitrogens with zero attached hydrogens (tertiary/aromatic N) is 2. The highest BCUT2D eigenvalue weighted by Crippen LogP contribution is 2.29. The van der Waals surface area contributed by atoms with Gasteiger partial charge in [-0.2, -0.15) is 0 Å². The monoisotopic (exact) mass is 462 g/mol. The van der Waals surface area contributed by atoms with Gasteiger partial charge in [0, 0.05) is 35.3 Å². The van der Waals surface area contributed by atoms with Crippen molar-refractivity contribution in [1.82, 2.24) is 9.88 Å². The molecule has 0 saturated carbocycles. The zero-order chi connectivity index (χ0) is 23.0. The smallest absolute Gasteiger partial charge is 0.119 e. The number of likely N-dealkylation sites (tertiary alicyclic amines) is 1. The first-order valence-electron chi connectivity index (χ1n) is 11.7. The van der Waals surface area contributed by atoms with Gasteiger partial charge in [0.1, 0.15) is 5.75 Å². The number of aryl methyl sites for hydroxylation is 1. The number of pyridine rings is 1. The highest BCUT2D eigenvalue weighted by atomic mass is 35.5. The molecule has 0 radical (unpaired) electrons. The van der Waals surface area contributed by atoms with Gasteiger partial charge in [-0.1, -0.05) is 29.5 Å². The molecule has 1 aliphatic heterocycles. The Labute approximate surface area is 201 Å². The van der Waals surface area contributed by atoms with Crippen LogP contribution in [0.2, 0.25) is 5.02 Å². The number of benzene rings is 2. The average Bonchev–Trinajstić information content (AvgIpc) is 2.84. The van der Waals surface area contributed by atoms with Gasteiger partial charge in [-0.15, -0.1) is 0 Å². The molecule has 1 fully saturated rings. The van der Waals surface area contributed by atoms with Crippen molar-refractivity contribution in [2.45, 2.75) is 25.7 Å². The summed E-state index contributed by atoms with van der Waals surface area (Å²) >= 11 is 6.03. The fourth-order valence-electron chi connectivity index (χ4n) is 4.79. The summed E-state index contributed by atoms with van der Waals surface area (Å²) in [7, 11) is 1.70. The van der Waals surface area contributed by atoms with Gasteiger partial charge >= 0.3 is 0 Å². The van der Waals surface area contributed by atoms with Crippen LogP contribution in [0.25, 0.3) is 10.9 Å². The summed E-state index contributed by atoms with van der Waals surface area (Å²) in [6, 6.07) is 15.8. The van der Waals surface area contributed by atoms with Crippen LogP contribution in [0, 0.1) is 23.7 Å². The van der Waals surface area contributed by atoms with E-state index in [4.69, 9.17) is 16.3 Å². The van der Waals surface area contributed by atoms with Crippen LogP contribution in [0.3, 0.4) is 0 Å². The molecule has 172 valence electrons. The van der Waals surface area contributed by atoms with E-state index in [1.807, 2.05) is 42.6 Å². The van der Waals surface area contributed by atoms with E-state index in [0.717, 1.165) is 62.1 Å². The standard InChI is InChI=1S/C28H31ClN2O2/c1-33-26-10-11-28-27(18-26)23(12-14-30-28)8-3-7-22-13-16-31(19-24(22)20-32)15-4-6-21-5-2-9-25(29)17-21/h2,5,9-12,14,17-18,22,24,32H,3,7-8,13,15-16,19-20H2,1H3/t22-,24-/m1/s1. The Morgan fingerprint density at radius 1 is 1.18 bits per heavy atom. The normalized spacial score (nSPS) is 18.6. The molecule has 0 bridgehead atoms. The predicted molar refractivity (Wildman–Crippen MR) is 135 cm³/mol. The van der Waals surface area contributed by atoms with Crippen LogP contribution in [0.4, 0.5) is 0 Å². The van der Waals surface area contributed by atoms with E-state index >= 15 is 0 Å². The summed E-state index contributed by atoms with van der Waals surface area (Å²) in [5.41, 5.74) is 3.26. The maximum absolute atomic E-state index is 10.0. The number of aromatic nitrogens is 1. The lowest BCUT2D eigenvalue weighted by Gasteiger charge is -2.37. The number of methoxy groups -OCH3 is 1. The van der Waals surface area contributed by atoms with Crippen LogP contribution in [-0.2, 0) is 6.42 Å². The van der Waals surface area contributed by atoms with Crippen molar-refractivity contribution in [2.24, 2.45) is 11.8 Å². The van der Waals surface area contributed by atoms with E-state index in [1.165, 1.54) is 10.9 Å². The Morgan fingerprint density at radius 3 is 2.91 bits per heavy atom. The average molecular weight is 463 g/mol. The van der Waals surface area contributed by atoms with Crippen LogP contribution >= 0.6 is 11.6 Å². The van der Waals surface area contributed by atoms with Crippen molar-refractivity contribution in [3.05, 3.63) is 70.9 Å². The molecule has 2 heterocycles. The quantitative estimate of drug-likeness (QED) is 0.490. The van der Waals surface area contributed by atoms with Gasteiger partial charge in [0.05, 0.1) is 19.2 Å². The fraction of sp³-hybridized carbons (Fsp3) is 0.393. The second-order valence-corrected chi connectivity index (χ2v) is 9.22. The number of aliphatic hydroxyl groups is 1. The van der Waals surface area contributed by atoms with Gasteiger partial charge in [0.25, 0.3) is 0 Å². The van der Waals surface area contributed by atoms with Crippen LogP contribution in [-0.4, -0.2) is 48.3 Å². The molecular weight excluding hydrogens is 432 g/mol. The Balaban J connectivity index is 1.30. The van der Waals surface area contributed by atoms with Crippen molar-refractivity contribution in [2.75, 3.05) is 33.4 Å². The molecule has 0 aliphatic carbocycles. The second kappa shape index (κ2) is 11.5. The van der Waals surface area contributed by atoms with Gasteiger partial charge in [0.15, 0.2) is 0 Å². The number of fused-ring (bicyclic) bond motifs is 1. The number of hydrogen-bond donors (Lipinski definition) is 1. The van der Waals surface area contributed by atoms with E-state index in [2.05, 4.69) is 33.9 Å². The molecule has 1 aliphatic rings. The first-order chi connectivity index (χ1) is 16.2. The number of piperidine rings is 1. The summed E-state index contributed by atoms with van der Waals surface area (Å²) in [6.45, 7) is 2.89. The first-order valence-corrected chi connectivity index (χ1v) is 12.0. The zero-order valence-electron chi connectivity index (χ0n) is 19.1. The number of hydrogen-bond acceptors (Lipinski definition) is 4. The Morgan fingerprint density at radius 2 is 2.09 bits per heavy atom. The van der Waals surface area contributed by atoms with E-state index in [-0.39, 0.29) is 6.61 Å². The number of halogens is 1. The zero-order valence-corrected chi connectivity index (χ0v) is 19.9. The van der Waals surface area contributed by atoms with Gasteiger partial charge in [-0.3, -0.25) is 9.88 Å². The van der Waals surface area contributed by atoms with Crippen molar-refractivity contribution >= 4 is 22.5 Å². The molecule has 1 saturated heterocycles. The molecule has 33 heavy (non-hydrogen) atoms. The fourth-order valence-corrected chi connectivity index (χ4v) is 4.98. The Hall–Kier alpha value is -2.58. The highest BCUT2D eigenvalue weighted by Gasteiger charge is 2.28. The SMILES string of the molecule is COc1ccc2nccc(CCC[C@@H]3CCN(CC#Cc4cccc(Cl)c4)C[C@@H]3CO)c2c1. The topological polar surface area (TPSA) is 45.6 Å². The van der Waals surface area contributed by atoms with Crippen LogP contribution in [0.1, 0.15) is 30.4 Å². The lowest BCUT2D eigenvalue weighted by Crippen LogP contribution is -2.42. The molecule has 0 spiro atoms. The minimum absolute atomic E-state index is 0.234. The van der Waals surface area contributed by atoms with Crippen LogP contribution in [0.5, 0.6) is 5.75 Å². The molecule has 1 aromatic heterocycles. The summed E-state index contributed by atoms with van der Waals surface area (Å²) in [5, 5.41) is 11.9. The Kier molecular flexibility index (Phi) is 8.23.